The molecule has 2 aromatic heterocycles. The number of rotatable bonds is 11. The Morgan fingerprint density at radius 3 is 2.39 bits per heavy atom. The first-order chi connectivity index (χ1) is 18.3. The molecule has 0 saturated carbocycles. The van der Waals surface area contributed by atoms with Crippen LogP contribution in [0.25, 0.3) is 11.2 Å². The fourth-order valence-electron chi connectivity index (χ4n) is 3.76. The number of benzene rings is 2. The molecule has 0 radical (unpaired) electrons. The topological polar surface area (TPSA) is 155 Å². The molecule has 38 heavy (non-hydrogen) atoms. The van der Waals surface area contributed by atoms with Gasteiger partial charge in [0.2, 0.25) is 0 Å². The van der Waals surface area contributed by atoms with Crippen molar-refractivity contribution in [1.82, 2.24) is 19.1 Å². The van der Waals surface area contributed by atoms with Crippen LogP contribution in [0.5, 0.6) is 23.0 Å². The molecule has 0 aliphatic rings. The Morgan fingerprint density at radius 1 is 1.00 bits per heavy atom. The fourth-order valence-corrected chi connectivity index (χ4v) is 3.76. The second kappa shape index (κ2) is 11.6. The van der Waals surface area contributed by atoms with Crippen LogP contribution in [-0.2, 0) is 20.1 Å². The molecule has 1 unspecified atom stereocenters. The minimum atomic E-state index is -1.04. The molecule has 0 fully saturated rings. The third kappa shape index (κ3) is 5.67. The molecule has 0 spiro atoms. The van der Waals surface area contributed by atoms with Crippen LogP contribution >= 0.6 is 0 Å². The largest absolute Gasteiger partial charge is 0.497 e. The van der Waals surface area contributed by atoms with Gasteiger partial charge in [0, 0.05) is 7.05 Å². The van der Waals surface area contributed by atoms with E-state index < -0.39 is 17.4 Å². The van der Waals surface area contributed by atoms with Gasteiger partial charge < -0.3 is 24.1 Å². The second-order valence-electron chi connectivity index (χ2n) is 8.24. The molecule has 0 bridgehead atoms. The van der Waals surface area contributed by atoms with E-state index in [-0.39, 0.29) is 36.8 Å². The number of azo groups is 1. The normalized spacial score (nSPS) is 12.1. The van der Waals surface area contributed by atoms with Crippen molar-refractivity contribution in [1.29, 1.82) is 0 Å². The number of aromatic amines is 1. The van der Waals surface area contributed by atoms with Crippen molar-refractivity contribution < 1.29 is 24.1 Å². The maximum absolute atomic E-state index is 12.7. The lowest BCUT2D eigenvalue weighted by molar-refractivity contribution is 0.0937. The number of methoxy groups -OCH3 is 3. The van der Waals surface area contributed by atoms with Gasteiger partial charge in [-0.25, -0.2) is 4.79 Å². The summed E-state index contributed by atoms with van der Waals surface area (Å²) in [7, 11) is 6.13. The zero-order chi connectivity index (χ0) is 27.2. The standard InChI is InChI=1S/C25H28N6O7/c1-30-22-21(23(33)28-25(30)34)31(13-16(32)14-38-18-8-6-17(35-2)7-9-18)24(27-22)29-26-12-15-5-10-19(36-3)20(11-15)37-4/h5-11,16,32H,12-14H2,1-4H3,(H,28,33,34). The van der Waals surface area contributed by atoms with Crippen molar-refractivity contribution in [2.75, 3.05) is 27.9 Å². The number of aliphatic hydroxyl groups is 1. The highest BCUT2D eigenvalue weighted by molar-refractivity contribution is 5.73. The van der Waals surface area contributed by atoms with E-state index in [0.717, 1.165) is 5.56 Å². The summed E-state index contributed by atoms with van der Waals surface area (Å²) in [5, 5.41) is 19.1. The monoisotopic (exact) mass is 524 g/mol. The number of imidazole rings is 1. The Bertz CT molecular complexity index is 1560. The van der Waals surface area contributed by atoms with Gasteiger partial charge in [0.05, 0.1) is 34.4 Å². The van der Waals surface area contributed by atoms with E-state index in [0.29, 0.717) is 23.0 Å². The molecule has 0 aliphatic carbocycles. The summed E-state index contributed by atoms with van der Waals surface area (Å²) >= 11 is 0. The minimum Gasteiger partial charge on any atom is -0.497 e. The molecular weight excluding hydrogens is 496 g/mol. The van der Waals surface area contributed by atoms with Crippen LogP contribution < -0.4 is 30.2 Å². The first-order valence-electron chi connectivity index (χ1n) is 11.6. The highest BCUT2D eigenvalue weighted by Gasteiger charge is 2.20. The third-order valence-electron chi connectivity index (χ3n) is 5.74. The summed E-state index contributed by atoms with van der Waals surface area (Å²) in [5.41, 5.74) is -0.283. The SMILES string of the molecule is COc1ccc(OCC(O)Cn2c(N=NCc3ccc(OC)c(OC)c3)nc3c2c(=O)[nH]c(=O)n3C)cc1. The molecule has 1 atom stereocenters. The molecule has 0 amide bonds. The second-order valence-corrected chi connectivity index (χ2v) is 8.24. The van der Waals surface area contributed by atoms with Crippen LogP contribution in [0.15, 0.2) is 62.3 Å². The molecule has 2 N–H and O–H groups in total. The number of fused-ring (bicyclic) bond motifs is 1. The van der Waals surface area contributed by atoms with Crippen molar-refractivity contribution in [3.63, 3.8) is 0 Å². The van der Waals surface area contributed by atoms with Gasteiger partial charge in [-0.15, -0.1) is 5.11 Å². The summed E-state index contributed by atoms with van der Waals surface area (Å²) in [6.07, 6.45) is -1.04. The maximum Gasteiger partial charge on any atom is 0.329 e. The van der Waals surface area contributed by atoms with Gasteiger partial charge in [0.1, 0.15) is 24.2 Å². The van der Waals surface area contributed by atoms with Crippen LogP contribution in [0.4, 0.5) is 5.95 Å². The van der Waals surface area contributed by atoms with Crippen molar-refractivity contribution in [3.8, 4) is 23.0 Å². The molecule has 4 aromatic rings. The molecule has 0 aliphatic heterocycles. The van der Waals surface area contributed by atoms with Crippen LogP contribution in [0.1, 0.15) is 5.56 Å². The summed E-state index contributed by atoms with van der Waals surface area (Å²) in [6, 6.07) is 12.3. The lowest BCUT2D eigenvalue weighted by Crippen LogP contribution is -2.30. The Labute approximate surface area is 216 Å². The average Bonchev–Trinajstić information content (AvgIpc) is 3.29. The number of hydrogen-bond donors (Lipinski definition) is 2. The molecule has 13 nitrogen and oxygen atoms in total. The molecular formula is C25H28N6O7. The van der Waals surface area contributed by atoms with E-state index in [4.69, 9.17) is 18.9 Å². The molecule has 4 rings (SSSR count). The predicted molar refractivity (Wildman–Crippen MR) is 138 cm³/mol. The quantitative estimate of drug-likeness (QED) is 0.283. The zero-order valence-corrected chi connectivity index (χ0v) is 21.4. The summed E-state index contributed by atoms with van der Waals surface area (Å²) in [4.78, 5) is 31.4. The van der Waals surface area contributed by atoms with E-state index in [2.05, 4.69) is 20.2 Å². The first kappa shape index (κ1) is 26.4. The lowest BCUT2D eigenvalue weighted by Gasteiger charge is -2.14. The minimum absolute atomic E-state index is 0.0516. The van der Waals surface area contributed by atoms with E-state index in [1.807, 2.05) is 6.07 Å². The highest BCUT2D eigenvalue weighted by atomic mass is 16.5. The zero-order valence-electron chi connectivity index (χ0n) is 21.4. The summed E-state index contributed by atoms with van der Waals surface area (Å²) in [5.74, 6) is 2.40. The van der Waals surface area contributed by atoms with Gasteiger partial charge in [-0.1, -0.05) is 6.07 Å². The van der Waals surface area contributed by atoms with Crippen molar-refractivity contribution in [3.05, 3.63) is 68.9 Å². The Kier molecular flexibility index (Phi) is 8.06. The molecule has 200 valence electrons. The van der Waals surface area contributed by atoms with Crippen LogP contribution in [0.2, 0.25) is 0 Å². The van der Waals surface area contributed by atoms with Gasteiger partial charge in [0.15, 0.2) is 22.7 Å². The molecule has 0 saturated heterocycles. The Balaban J connectivity index is 1.59. The molecule has 2 heterocycles. The van der Waals surface area contributed by atoms with Crippen LogP contribution in [0.3, 0.4) is 0 Å². The van der Waals surface area contributed by atoms with Crippen molar-refractivity contribution in [2.24, 2.45) is 17.3 Å². The van der Waals surface area contributed by atoms with Gasteiger partial charge in [-0.3, -0.25) is 18.9 Å². The highest BCUT2D eigenvalue weighted by Crippen LogP contribution is 2.28. The summed E-state index contributed by atoms with van der Waals surface area (Å²) in [6.45, 7) is 0.0263. The van der Waals surface area contributed by atoms with Crippen LogP contribution in [0, 0.1) is 0 Å². The number of aliphatic hydroxyl groups excluding tert-OH is 1. The van der Waals surface area contributed by atoms with Gasteiger partial charge in [-0.05, 0) is 42.0 Å². The smallest absolute Gasteiger partial charge is 0.329 e. The number of aromatic nitrogens is 4. The Hall–Kier alpha value is -4.65. The number of nitrogens with one attached hydrogen (secondary N) is 1. The average molecular weight is 525 g/mol. The molecule has 13 heteroatoms. The predicted octanol–water partition coefficient (Wildman–Crippen LogP) is 2.17. The van der Waals surface area contributed by atoms with E-state index >= 15 is 0 Å². The van der Waals surface area contributed by atoms with E-state index in [1.165, 1.54) is 23.3 Å². The van der Waals surface area contributed by atoms with Gasteiger partial charge in [-0.2, -0.15) is 10.1 Å². The van der Waals surface area contributed by atoms with Crippen LogP contribution in [-0.4, -0.2) is 58.2 Å². The maximum atomic E-state index is 12.7. The van der Waals surface area contributed by atoms with E-state index in [9.17, 15) is 14.7 Å². The first-order valence-corrected chi connectivity index (χ1v) is 11.6. The number of aryl methyl sites for hydroxylation is 1. The number of nitrogens with zero attached hydrogens (tertiary/aromatic N) is 5. The lowest BCUT2D eigenvalue weighted by atomic mass is 10.2. The van der Waals surface area contributed by atoms with E-state index in [1.54, 1.807) is 50.6 Å². The number of hydrogen-bond acceptors (Lipinski definition) is 10. The molecule has 2 aromatic carbocycles. The summed E-state index contributed by atoms with van der Waals surface area (Å²) < 4.78 is 24.0. The fraction of sp³-hybridized carbons (Fsp3) is 0.320. The number of H-pyrrole nitrogens is 1. The van der Waals surface area contributed by atoms with Crippen molar-refractivity contribution in [2.45, 2.75) is 19.2 Å². The number of ether oxygens (including phenoxy) is 4. The van der Waals surface area contributed by atoms with Gasteiger partial charge >= 0.3 is 5.69 Å². The van der Waals surface area contributed by atoms with Gasteiger partial charge in [0.25, 0.3) is 11.5 Å². The third-order valence-corrected chi connectivity index (χ3v) is 5.74. The van der Waals surface area contributed by atoms with Crippen molar-refractivity contribution >= 4 is 17.1 Å². The Morgan fingerprint density at radius 2 is 1.71 bits per heavy atom.